The quantitative estimate of drug-likeness (QED) is 0.125. The maximum absolute atomic E-state index is 13.6. The number of benzene rings is 3. The van der Waals surface area contributed by atoms with Gasteiger partial charge in [0.05, 0.1) is 18.0 Å². The monoisotopic (exact) mass is 633 g/mol. The van der Waals surface area contributed by atoms with Crippen molar-refractivity contribution in [1.29, 1.82) is 0 Å². The molecule has 1 N–H and O–H groups in total. The zero-order valence-corrected chi connectivity index (χ0v) is 27.1. The summed E-state index contributed by atoms with van der Waals surface area (Å²) in [5, 5.41) is 12.6. The molecule has 0 unspecified atom stereocenters. The topological polar surface area (TPSA) is 47.0 Å². The second-order valence-electron chi connectivity index (χ2n) is 12.0. The first-order chi connectivity index (χ1) is 21.6. The predicted molar refractivity (Wildman–Crippen MR) is 182 cm³/mol. The summed E-state index contributed by atoms with van der Waals surface area (Å²) >= 11 is 0. The van der Waals surface area contributed by atoms with Gasteiger partial charge in [0.1, 0.15) is 11.6 Å². The molecular formula is C38H46ClF2N3O. The number of aryl methyl sites for hydroxylation is 2. The summed E-state index contributed by atoms with van der Waals surface area (Å²) in [7, 11) is 0. The largest absolute Gasteiger partial charge is 0.380 e. The first-order valence-electron chi connectivity index (χ1n) is 16.4. The molecular weight excluding hydrogens is 588 g/mol. The molecule has 4 nitrogen and oxygen atoms in total. The van der Waals surface area contributed by atoms with Gasteiger partial charge in [0.15, 0.2) is 0 Å². The van der Waals surface area contributed by atoms with Crippen LogP contribution in [0.4, 0.5) is 8.78 Å². The molecule has 7 heteroatoms. The number of hydrogen-bond donors (Lipinski definition) is 1. The Bertz CT molecular complexity index is 1430. The molecule has 1 aromatic heterocycles. The van der Waals surface area contributed by atoms with E-state index in [1.165, 1.54) is 80.3 Å². The van der Waals surface area contributed by atoms with E-state index < -0.39 is 0 Å². The van der Waals surface area contributed by atoms with Crippen molar-refractivity contribution in [2.24, 2.45) is 0 Å². The van der Waals surface area contributed by atoms with Gasteiger partial charge in [-0.05, 0) is 110 Å². The van der Waals surface area contributed by atoms with Crippen LogP contribution in [0, 0.1) is 11.6 Å². The Hall–Kier alpha value is -3.19. The average molecular weight is 634 g/mol. The molecule has 0 amide bonds. The van der Waals surface area contributed by atoms with E-state index in [1.54, 1.807) is 24.3 Å². The molecule has 0 aliphatic carbocycles. The highest BCUT2D eigenvalue weighted by atomic mass is 35.5. The molecule has 4 aromatic rings. The fourth-order valence-electron chi connectivity index (χ4n) is 6.19. The number of nitrogens with one attached hydrogen (secondary N) is 1. The number of unbranched alkanes of at least 4 members (excludes halogenated alkanes) is 5. The Balaban J connectivity index is 0.00000461. The molecule has 1 aliphatic rings. The van der Waals surface area contributed by atoms with Crippen molar-refractivity contribution >= 4 is 12.4 Å². The van der Waals surface area contributed by atoms with Gasteiger partial charge >= 0.3 is 0 Å². The number of hydrogen-bond acceptors (Lipinski definition) is 4. The summed E-state index contributed by atoms with van der Waals surface area (Å²) in [6.07, 6.45) is 11.8. The Morgan fingerprint density at radius 1 is 0.756 bits per heavy atom. The van der Waals surface area contributed by atoms with Crippen LogP contribution in [-0.2, 0) is 17.6 Å². The number of aromatic nitrogens is 2. The molecule has 240 valence electrons. The fraction of sp³-hybridized carbons (Fsp3) is 0.421. The van der Waals surface area contributed by atoms with Crippen molar-refractivity contribution in [2.45, 2.75) is 83.1 Å². The lowest BCUT2D eigenvalue weighted by molar-refractivity contribution is 0.110. The van der Waals surface area contributed by atoms with Crippen LogP contribution in [0.2, 0.25) is 0 Å². The number of nitrogens with zero attached hydrogens (tertiary/aromatic N) is 2. The summed E-state index contributed by atoms with van der Waals surface area (Å²) in [6.45, 7) is 4.57. The first kappa shape index (κ1) is 34.7. The zero-order valence-electron chi connectivity index (χ0n) is 26.3. The number of ether oxygens (including phenoxy) is 1. The van der Waals surface area contributed by atoms with Crippen molar-refractivity contribution in [3.63, 3.8) is 0 Å². The van der Waals surface area contributed by atoms with Crippen molar-refractivity contribution in [2.75, 3.05) is 19.8 Å². The van der Waals surface area contributed by atoms with Gasteiger partial charge in [-0.2, -0.15) is 0 Å². The molecule has 0 saturated carbocycles. The van der Waals surface area contributed by atoms with E-state index in [0.29, 0.717) is 30.9 Å². The van der Waals surface area contributed by atoms with E-state index >= 15 is 0 Å². The molecule has 1 aliphatic heterocycles. The third-order valence-electron chi connectivity index (χ3n) is 8.74. The Labute approximate surface area is 273 Å². The maximum atomic E-state index is 13.6. The fourth-order valence-corrected chi connectivity index (χ4v) is 6.19. The first-order valence-corrected chi connectivity index (χ1v) is 16.4. The van der Waals surface area contributed by atoms with Gasteiger partial charge < -0.3 is 10.1 Å². The SMILES string of the molecule is CCCCCCCCc1ccc([C@H]2CCN[C@@H]2COCCCc2cc(-c3ccc(F)cc3)nnc2-c2ccc(F)cc2)cc1.Cl. The summed E-state index contributed by atoms with van der Waals surface area (Å²) < 4.78 is 33.3. The second-order valence-corrected chi connectivity index (χ2v) is 12.0. The highest BCUT2D eigenvalue weighted by Gasteiger charge is 2.28. The predicted octanol–water partition coefficient (Wildman–Crippen LogP) is 9.51. The number of rotatable bonds is 16. The van der Waals surface area contributed by atoms with Gasteiger partial charge in [-0.3, -0.25) is 0 Å². The van der Waals surface area contributed by atoms with Crippen molar-refractivity contribution in [3.05, 3.63) is 107 Å². The normalized spacial score (nSPS) is 16.1. The highest BCUT2D eigenvalue weighted by molar-refractivity contribution is 5.85. The number of halogens is 3. The summed E-state index contributed by atoms with van der Waals surface area (Å²) in [4.78, 5) is 0. The second kappa shape index (κ2) is 18.1. The lowest BCUT2D eigenvalue weighted by Gasteiger charge is -2.20. The smallest absolute Gasteiger partial charge is 0.123 e. The minimum atomic E-state index is -0.290. The van der Waals surface area contributed by atoms with Gasteiger partial charge in [-0.1, -0.05) is 63.3 Å². The van der Waals surface area contributed by atoms with E-state index in [-0.39, 0.29) is 24.0 Å². The minimum Gasteiger partial charge on any atom is -0.380 e. The lowest BCUT2D eigenvalue weighted by Crippen LogP contribution is -2.31. The minimum absolute atomic E-state index is 0. The maximum Gasteiger partial charge on any atom is 0.123 e. The molecule has 0 radical (unpaired) electrons. The molecule has 0 spiro atoms. The van der Waals surface area contributed by atoms with Gasteiger partial charge in [-0.15, -0.1) is 22.6 Å². The van der Waals surface area contributed by atoms with E-state index in [4.69, 9.17) is 4.74 Å². The Morgan fingerprint density at radius 3 is 2.13 bits per heavy atom. The summed E-state index contributed by atoms with van der Waals surface area (Å²) in [6, 6.07) is 24.2. The van der Waals surface area contributed by atoms with Crippen molar-refractivity contribution in [1.82, 2.24) is 15.5 Å². The zero-order chi connectivity index (χ0) is 30.6. The van der Waals surface area contributed by atoms with Crippen molar-refractivity contribution in [3.8, 4) is 22.5 Å². The molecule has 1 fully saturated rings. The Morgan fingerprint density at radius 2 is 1.42 bits per heavy atom. The van der Waals surface area contributed by atoms with Crippen molar-refractivity contribution < 1.29 is 13.5 Å². The van der Waals surface area contributed by atoms with Crippen LogP contribution < -0.4 is 5.32 Å². The van der Waals surface area contributed by atoms with Gasteiger partial charge in [-0.25, -0.2) is 8.78 Å². The standard InChI is InChI=1S/C38H45F2N3O.ClH/c1-2-3-4-5-6-7-9-28-11-13-29(14-12-28)35-23-24-41-37(35)27-44-25-8-10-32-26-36(30-15-19-33(39)20-16-30)42-43-38(32)31-17-21-34(40)22-18-31;/h11-22,26,35,37,41H,2-10,23-25,27H2,1H3;1H/t35-,37-;/m1./s1. The molecule has 5 rings (SSSR count). The molecule has 0 bridgehead atoms. The molecule has 45 heavy (non-hydrogen) atoms. The van der Waals surface area contributed by atoms with Crippen LogP contribution in [0.1, 0.15) is 80.9 Å². The van der Waals surface area contributed by atoms with Gasteiger partial charge in [0.25, 0.3) is 0 Å². The third kappa shape index (κ3) is 10.2. The molecule has 3 aromatic carbocycles. The molecule has 1 saturated heterocycles. The van der Waals surface area contributed by atoms with Crippen LogP contribution in [0.3, 0.4) is 0 Å². The van der Waals surface area contributed by atoms with Crippen LogP contribution in [0.25, 0.3) is 22.5 Å². The van der Waals surface area contributed by atoms with Crippen LogP contribution >= 0.6 is 12.4 Å². The molecule has 2 atom stereocenters. The third-order valence-corrected chi connectivity index (χ3v) is 8.74. The van der Waals surface area contributed by atoms with Gasteiger partial charge in [0, 0.05) is 29.7 Å². The van der Waals surface area contributed by atoms with Crippen LogP contribution in [-0.4, -0.2) is 36.0 Å². The Kier molecular flexibility index (Phi) is 13.9. The van der Waals surface area contributed by atoms with Gasteiger partial charge in [0.2, 0.25) is 0 Å². The summed E-state index contributed by atoms with van der Waals surface area (Å²) in [5.41, 5.74) is 6.88. The van der Waals surface area contributed by atoms with E-state index in [2.05, 4.69) is 46.7 Å². The highest BCUT2D eigenvalue weighted by Crippen LogP contribution is 2.29. The van der Waals surface area contributed by atoms with Crippen LogP contribution in [0.15, 0.2) is 78.9 Å². The van der Waals surface area contributed by atoms with E-state index in [0.717, 1.165) is 48.2 Å². The molecule has 2 heterocycles. The van der Waals surface area contributed by atoms with E-state index in [1.807, 2.05) is 6.07 Å². The van der Waals surface area contributed by atoms with Crippen LogP contribution in [0.5, 0.6) is 0 Å². The summed E-state index contributed by atoms with van der Waals surface area (Å²) in [5.74, 6) is -0.116. The lowest BCUT2D eigenvalue weighted by atomic mass is 9.91. The van der Waals surface area contributed by atoms with E-state index in [9.17, 15) is 8.78 Å². The average Bonchev–Trinajstić information content (AvgIpc) is 3.52.